The van der Waals surface area contributed by atoms with Crippen molar-refractivity contribution in [3.63, 3.8) is 0 Å². The lowest BCUT2D eigenvalue weighted by molar-refractivity contribution is -0.203. The summed E-state index contributed by atoms with van der Waals surface area (Å²) in [5.74, 6) is -2.62. The van der Waals surface area contributed by atoms with Gasteiger partial charge in [0.25, 0.3) is 5.79 Å². The molecule has 0 aromatic heterocycles. The monoisotopic (exact) mass is 180 g/mol. The van der Waals surface area contributed by atoms with Crippen LogP contribution < -0.4 is 0 Å². The maximum Gasteiger partial charge on any atom is 0.258 e. The fourth-order valence-corrected chi connectivity index (χ4v) is 1.05. The van der Waals surface area contributed by atoms with Gasteiger partial charge in [0.1, 0.15) is 12.2 Å². The van der Waals surface area contributed by atoms with Gasteiger partial charge in [0.15, 0.2) is 12.5 Å². The first-order valence-electron chi connectivity index (χ1n) is 3.34. The molecule has 0 amide bonds. The second-order valence-corrected chi connectivity index (χ2v) is 2.60. The standard InChI is InChI=1S/C6H9FO5/c7-5-4(10)3(1-8)12-6(5,11)2-9/h2-5,8,10-11H,1H2/t3-,4-,5+,6+/m1/s1. The predicted octanol–water partition coefficient (Wildman–Crippen LogP) is -2.04. The van der Waals surface area contributed by atoms with Gasteiger partial charge in [-0.15, -0.1) is 0 Å². The number of alkyl halides is 1. The lowest BCUT2D eigenvalue weighted by atomic mass is 10.1. The van der Waals surface area contributed by atoms with Crippen LogP contribution in [0.5, 0.6) is 0 Å². The molecule has 6 heteroatoms. The van der Waals surface area contributed by atoms with Crippen LogP contribution in [0.4, 0.5) is 4.39 Å². The first-order valence-corrected chi connectivity index (χ1v) is 3.34. The van der Waals surface area contributed by atoms with Gasteiger partial charge in [0.05, 0.1) is 6.61 Å². The van der Waals surface area contributed by atoms with Crippen LogP contribution in [0.2, 0.25) is 0 Å². The SMILES string of the molecule is O=C[C@]1(O)O[C@H](CO)[C@@H](O)[C@@H]1F. The number of hydrogen-bond donors (Lipinski definition) is 3. The molecule has 0 radical (unpaired) electrons. The topological polar surface area (TPSA) is 87.0 Å². The highest BCUT2D eigenvalue weighted by Crippen LogP contribution is 2.29. The molecular weight excluding hydrogens is 171 g/mol. The second-order valence-electron chi connectivity index (χ2n) is 2.60. The Bertz CT molecular complexity index is 187. The van der Waals surface area contributed by atoms with Crippen molar-refractivity contribution in [1.29, 1.82) is 0 Å². The van der Waals surface area contributed by atoms with E-state index >= 15 is 0 Å². The Morgan fingerprint density at radius 3 is 2.50 bits per heavy atom. The van der Waals surface area contributed by atoms with E-state index in [9.17, 15) is 9.18 Å². The van der Waals surface area contributed by atoms with Crippen molar-refractivity contribution in [2.75, 3.05) is 6.61 Å². The molecule has 0 aliphatic carbocycles. The summed E-state index contributed by atoms with van der Waals surface area (Å²) in [6, 6.07) is 0. The van der Waals surface area contributed by atoms with Crippen LogP contribution in [0.3, 0.4) is 0 Å². The van der Waals surface area contributed by atoms with Gasteiger partial charge >= 0.3 is 0 Å². The van der Waals surface area contributed by atoms with E-state index in [1.807, 2.05) is 0 Å². The minimum Gasteiger partial charge on any atom is -0.394 e. The third kappa shape index (κ3) is 1.22. The number of ether oxygens (including phenoxy) is 1. The summed E-state index contributed by atoms with van der Waals surface area (Å²) in [4.78, 5) is 10.1. The van der Waals surface area contributed by atoms with E-state index in [1.165, 1.54) is 0 Å². The van der Waals surface area contributed by atoms with Crippen molar-refractivity contribution in [2.45, 2.75) is 24.2 Å². The van der Waals surface area contributed by atoms with Crippen LogP contribution >= 0.6 is 0 Å². The van der Waals surface area contributed by atoms with Crippen molar-refractivity contribution in [3.8, 4) is 0 Å². The van der Waals surface area contributed by atoms with Crippen molar-refractivity contribution in [3.05, 3.63) is 0 Å². The van der Waals surface area contributed by atoms with Crippen LogP contribution in [0.15, 0.2) is 0 Å². The molecule has 1 fully saturated rings. The van der Waals surface area contributed by atoms with Gasteiger partial charge in [-0.05, 0) is 0 Å². The molecule has 1 aliphatic rings. The highest BCUT2D eigenvalue weighted by atomic mass is 19.1. The van der Waals surface area contributed by atoms with Crippen molar-refractivity contribution >= 4 is 6.29 Å². The highest BCUT2D eigenvalue weighted by Gasteiger charge is 2.54. The van der Waals surface area contributed by atoms with E-state index in [1.54, 1.807) is 0 Å². The van der Waals surface area contributed by atoms with Gasteiger partial charge < -0.3 is 20.1 Å². The molecule has 5 nitrogen and oxygen atoms in total. The molecular formula is C6H9FO5. The van der Waals surface area contributed by atoms with Gasteiger partial charge in [-0.2, -0.15) is 0 Å². The largest absolute Gasteiger partial charge is 0.394 e. The maximum absolute atomic E-state index is 12.8. The third-order valence-corrected chi connectivity index (χ3v) is 1.76. The van der Waals surface area contributed by atoms with E-state index in [2.05, 4.69) is 4.74 Å². The number of rotatable bonds is 2. The van der Waals surface area contributed by atoms with Gasteiger partial charge in [0.2, 0.25) is 0 Å². The predicted molar refractivity (Wildman–Crippen MR) is 33.9 cm³/mol. The molecule has 0 unspecified atom stereocenters. The zero-order chi connectivity index (χ0) is 9.35. The molecule has 3 N–H and O–H groups in total. The number of aliphatic hydroxyl groups excluding tert-OH is 2. The average molecular weight is 180 g/mol. The van der Waals surface area contributed by atoms with Crippen molar-refractivity contribution < 1.29 is 29.2 Å². The smallest absolute Gasteiger partial charge is 0.258 e. The lowest BCUT2D eigenvalue weighted by Crippen LogP contribution is -2.41. The normalized spacial score (nSPS) is 47.8. The number of halogens is 1. The summed E-state index contributed by atoms with van der Waals surface area (Å²) < 4.78 is 17.2. The highest BCUT2D eigenvalue weighted by molar-refractivity contribution is 5.62. The van der Waals surface area contributed by atoms with Gasteiger partial charge in [-0.25, -0.2) is 4.39 Å². The van der Waals surface area contributed by atoms with Crippen LogP contribution in [0.25, 0.3) is 0 Å². The summed E-state index contributed by atoms with van der Waals surface area (Å²) in [5, 5.41) is 26.5. The third-order valence-electron chi connectivity index (χ3n) is 1.76. The molecule has 12 heavy (non-hydrogen) atoms. The van der Waals surface area contributed by atoms with E-state index in [0.29, 0.717) is 0 Å². The summed E-state index contributed by atoms with van der Waals surface area (Å²) in [6.07, 6.45) is -5.29. The molecule has 70 valence electrons. The lowest BCUT2D eigenvalue weighted by Gasteiger charge is -2.16. The number of carbonyl (C=O) groups excluding carboxylic acids is 1. The summed E-state index contributed by atoms with van der Waals surface area (Å²) in [5.41, 5.74) is 0. The van der Waals surface area contributed by atoms with Crippen molar-refractivity contribution in [2.24, 2.45) is 0 Å². The Morgan fingerprint density at radius 1 is 1.67 bits per heavy atom. The number of aliphatic hydroxyl groups is 3. The minimum absolute atomic E-state index is 0.142. The zero-order valence-electron chi connectivity index (χ0n) is 6.05. The first kappa shape index (κ1) is 9.53. The van der Waals surface area contributed by atoms with Crippen LogP contribution in [-0.2, 0) is 9.53 Å². The number of aldehydes is 1. The Kier molecular flexibility index (Phi) is 2.43. The molecule has 1 rings (SSSR count). The molecule has 1 saturated heterocycles. The molecule has 0 bridgehead atoms. The molecule has 0 aromatic rings. The zero-order valence-corrected chi connectivity index (χ0v) is 6.05. The fourth-order valence-electron chi connectivity index (χ4n) is 1.05. The molecule has 4 atom stereocenters. The number of hydrogen-bond acceptors (Lipinski definition) is 5. The Labute approximate surface area is 67.4 Å². The van der Waals surface area contributed by atoms with Gasteiger partial charge in [0, 0.05) is 0 Å². The first-order chi connectivity index (χ1) is 5.55. The minimum atomic E-state index is -2.62. The van der Waals surface area contributed by atoms with Crippen LogP contribution in [-0.4, -0.2) is 52.4 Å². The summed E-state index contributed by atoms with van der Waals surface area (Å²) in [6.45, 7) is -0.655. The molecule has 1 heterocycles. The van der Waals surface area contributed by atoms with E-state index in [0.717, 1.165) is 0 Å². The second kappa shape index (κ2) is 3.06. The van der Waals surface area contributed by atoms with Crippen LogP contribution in [0, 0.1) is 0 Å². The van der Waals surface area contributed by atoms with E-state index in [-0.39, 0.29) is 6.29 Å². The molecule has 0 spiro atoms. The van der Waals surface area contributed by atoms with Crippen molar-refractivity contribution in [1.82, 2.24) is 0 Å². The molecule has 0 aromatic carbocycles. The molecule has 1 aliphatic heterocycles. The summed E-state index contributed by atoms with van der Waals surface area (Å²) >= 11 is 0. The number of carbonyl (C=O) groups is 1. The summed E-state index contributed by atoms with van der Waals surface area (Å²) in [7, 11) is 0. The maximum atomic E-state index is 12.8. The quantitative estimate of drug-likeness (QED) is 0.426. The van der Waals surface area contributed by atoms with Gasteiger partial charge in [-0.3, -0.25) is 4.79 Å². The Morgan fingerprint density at radius 2 is 2.25 bits per heavy atom. The fraction of sp³-hybridized carbons (Fsp3) is 0.833. The van der Waals surface area contributed by atoms with E-state index < -0.39 is 30.8 Å². The average Bonchev–Trinajstić information content (AvgIpc) is 2.31. The van der Waals surface area contributed by atoms with Gasteiger partial charge in [-0.1, -0.05) is 0 Å². The molecule has 0 saturated carbocycles. The Balaban J connectivity index is 2.79. The Hall–Kier alpha value is -0.560. The van der Waals surface area contributed by atoms with E-state index in [4.69, 9.17) is 15.3 Å². The van der Waals surface area contributed by atoms with Crippen LogP contribution in [0.1, 0.15) is 0 Å².